The number of esters is 1. The number of amides is 1. The first-order chi connectivity index (χ1) is 13.2. The van der Waals surface area contributed by atoms with Gasteiger partial charge in [0.1, 0.15) is 5.75 Å². The number of hydrogen-bond acceptors (Lipinski definition) is 3. The van der Waals surface area contributed by atoms with Gasteiger partial charge in [-0.2, -0.15) is 0 Å². The van der Waals surface area contributed by atoms with E-state index >= 15 is 0 Å². The molecule has 1 fully saturated rings. The SMILES string of the molecule is O=C(Nc1ccc(OC(=O)C2(c3ccccc3)CC2)cc1)c1ccccc1. The Morgan fingerprint density at radius 1 is 0.778 bits per heavy atom. The van der Waals surface area contributed by atoms with Gasteiger partial charge in [0.05, 0.1) is 5.41 Å². The molecule has 0 unspecified atom stereocenters. The third-order valence-corrected chi connectivity index (χ3v) is 4.83. The zero-order valence-corrected chi connectivity index (χ0v) is 14.7. The van der Waals surface area contributed by atoms with Gasteiger partial charge in [-0.1, -0.05) is 48.5 Å². The Kier molecular flexibility index (Phi) is 4.47. The van der Waals surface area contributed by atoms with Gasteiger partial charge in [-0.05, 0) is 54.8 Å². The van der Waals surface area contributed by atoms with Gasteiger partial charge in [0.15, 0.2) is 0 Å². The second-order valence-corrected chi connectivity index (χ2v) is 6.68. The molecule has 0 spiro atoms. The second-order valence-electron chi connectivity index (χ2n) is 6.68. The Morgan fingerprint density at radius 3 is 1.96 bits per heavy atom. The fourth-order valence-electron chi connectivity index (χ4n) is 3.10. The molecule has 0 heterocycles. The van der Waals surface area contributed by atoms with Crippen LogP contribution in [-0.4, -0.2) is 11.9 Å². The van der Waals surface area contributed by atoms with Gasteiger partial charge in [-0.25, -0.2) is 0 Å². The monoisotopic (exact) mass is 357 g/mol. The maximum Gasteiger partial charge on any atom is 0.321 e. The summed E-state index contributed by atoms with van der Waals surface area (Å²) >= 11 is 0. The fraction of sp³-hybridized carbons (Fsp3) is 0.130. The molecule has 134 valence electrons. The summed E-state index contributed by atoms with van der Waals surface area (Å²) in [5.74, 6) is 0.0658. The van der Waals surface area contributed by atoms with Gasteiger partial charge in [0, 0.05) is 11.3 Å². The van der Waals surface area contributed by atoms with Crippen LogP contribution >= 0.6 is 0 Å². The lowest BCUT2D eigenvalue weighted by atomic mass is 9.96. The van der Waals surface area contributed by atoms with Gasteiger partial charge < -0.3 is 10.1 Å². The molecule has 4 heteroatoms. The molecule has 0 saturated heterocycles. The van der Waals surface area contributed by atoms with E-state index in [1.165, 1.54) is 0 Å². The molecular weight excluding hydrogens is 338 g/mol. The lowest BCUT2D eigenvalue weighted by molar-refractivity contribution is -0.137. The van der Waals surface area contributed by atoms with E-state index < -0.39 is 5.41 Å². The summed E-state index contributed by atoms with van der Waals surface area (Å²) in [4.78, 5) is 24.8. The van der Waals surface area contributed by atoms with E-state index in [1.807, 2.05) is 48.5 Å². The number of ether oxygens (including phenoxy) is 1. The maximum atomic E-state index is 12.7. The standard InChI is InChI=1S/C23H19NO3/c25-21(17-7-3-1-4-8-17)24-19-11-13-20(14-12-19)27-22(26)23(15-16-23)18-9-5-2-6-10-18/h1-14H,15-16H2,(H,24,25). The average molecular weight is 357 g/mol. The van der Waals surface area contributed by atoms with Crippen molar-refractivity contribution in [2.75, 3.05) is 5.32 Å². The second kappa shape index (κ2) is 7.08. The highest BCUT2D eigenvalue weighted by molar-refractivity contribution is 6.04. The smallest absolute Gasteiger partial charge is 0.321 e. The summed E-state index contributed by atoms with van der Waals surface area (Å²) in [5, 5.41) is 2.83. The normalized spacial score (nSPS) is 14.2. The Labute approximate surface area is 157 Å². The molecule has 1 amide bonds. The van der Waals surface area contributed by atoms with Crippen LogP contribution in [0.1, 0.15) is 28.8 Å². The minimum atomic E-state index is -0.512. The molecule has 4 nitrogen and oxygen atoms in total. The van der Waals surface area contributed by atoms with Crippen molar-refractivity contribution in [1.29, 1.82) is 0 Å². The fourth-order valence-corrected chi connectivity index (χ4v) is 3.10. The van der Waals surface area contributed by atoms with Crippen LogP contribution in [0.3, 0.4) is 0 Å². The van der Waals surface area contributed by atoms with E-state index in [0.717, 1.165) is 18.4 Å². The first-order valence-electron chi connectivity index (χ1n) is 8.92. The van der Waals surface area contributed by atoms with Crippen LogP contribution in [0.15, 0.2) is 84.9 Å². The third kappa shape index (κ3) is 3.60. The molecule has 0 aromatic heterocycles. The Morgan fingerprint density at radius 2 is 1.37 bits per heavy atom. The van der Waals surface area contributed by atoms with E-state index in [-0.39, 0.29) is 11.9 Å². The molecule has 4 rings (SSSR count). The van der Waals surface area contributed by atoms with Crippen LogP contribution in [-0.2, 0) is 10.2 Å². The summed E-state index contributed by atoms with van der Waals surface area (Å²) in [6.07, 6.45) is 1.61. The molecule has 1 N–H and O–H groups in total. The van der Waals surface area contributed by atoms with E-state index in [4.69, 9.17) is 4.74 Å². The number of carbonyl (C=O) groups excluding carboxylic acids is 2. The Balaban J connectivity index is 1.41. The molecule has 0 atom stereocenters. The topological polar surface area (TPSA) is 55.4 Å². The molecule has 3 aromatic carbocycles. The largest absolute Gasteiger partial charge is 0.426 e. The van der Waals surface area contributed by atoms with E-state index in [0.29, 0.717) is 17.0 Å². The van der Waals surface area contributed by atoms with Crippen molar-refractivity contribution < 1.29 is 14.3 Å². The minimum Gasteiger partial charge on any atom is -0.426 e. The van der Waals surface area contributed by atoms with Crippen molar-refractivity contribution in [2.45, 2.75) is 18.3 Å². The number of hydrogen-bond donors (Lipinski definition) is 1. The molecule has 27 heavy (non-hydrogen) atoms. The van der Waals surface area contributed by atoms with Crippen LogP contribution in [0.2, 0.25) is 0 Å². The van der Waals surface area contributed by atoms with Gasteiger partial charge in [0.2, 0.25) is 0 Å². The maximum absolute atomic E-state index is 12.7. The van der Waals surface area contributed by atoms with Crippen LogP contribution < -0.4 is 10.1 Å². The van der Waals surface area contributed by atoms with Crippen LogP contribution in [0.4, 0.5) is 5.69 Å². The van der Waals surface area contributed by atoms with Crippen molar-refractivity contribution in [1.82, 2.24) is 0 Å². The van der Waals surface area contributed by atoms with Crippen molar-refractivity contribution in [2.24, 2.45) is 0 Å². The number of anilines is 1. The summed E-state index contributed by atoms with van der Waals surface area (Å²) in [5.41, 5.74) is 1.72. The number of nitrogens with one attached hydrogen (secondary N) is 1. The molecule has 1 aliphatic carbocycles. The van der Waals surface area contributed by atoms with Crippen LogP contribution in [0, 0.1) is 0 Å². The van der Waals surface area contributed by atoms with Crippen LogP contribution in [0.5, 0.6) is 5.75 Å². The highest BCUT2D eigenvalue weighted by atomic mass is 16.5. The average Bonchev–Trinajstić information content (AvgIpc) is 3.53. The number of benzene rings is 3. The first kappa shape index (κ1) is 17.0. The van der Waals surface area contributed by atoms with E-state index in [9.17, 15) is 9.59 Å². The molecule has 3 aromatic rings. The lowest BCUT2D eigenvalue weighted by Gasteiger charge is -2.15. The van der Waals surface area contributed by atoms with Crippen molar-refractivity contribution in [3.8, 4) is 5.75 Å². The van der Waals surface area contributed by atoms with Gasteiger partial charge in [0.25, 0.3) is 5.91 Å². The zero-order chi connectivity index (χ0) is 18.7. The number of carbonyl (C=O) groups is 2. The lowest BCUT2D eigenvalue weighted by Crippen LogP contribution is -2.25. The molecule has 0 radical (unpaired) electrons. The van der Waals surface area contributed by atoms with E-state index in [1.54, 1.807) is 36.4 Å². The Hall–Kier alpha value is -3.40. The molecule has 0 bridgehead atoms. The van der Waals surface area contributed by atoms with Crippen molar-refractivity contribution in [3.63, 3.8) is 0 Å². The molecule has 1 aliphatic rings. The summed E-state index contributed by atoms with van der Waals surface area (Å²) in [7, 11) is 0. The predicted octanol–water partition coefficient (Wildman–Crippen LogP) is 4.58. The quantitative estimate of drug-likeness (QED) is 0.537. The van der Waals surface area contributed by atoms with Crippen molar-refractivity contribution in [3.05, 3.63) is 96.1 Å². The highest BCUT2D eigenvalue weighted by Gasteiger charge is 2.52. The van der Waals surface area contributed by atoms with E-state index in [2.05, 4.69) is 5.32 Å². The van der Waals surface area contributed by atoms with Gasteiger partial charge >= 0.3 is 5.97 Å². The van der Waals surface area contributed by atoms with Crippen molar-refractivity contribution >= 4 is 17.6 Å². The molecule has 1 saturated carbocycles. The summed E-state index contributed by atoms with van der Waals surface area (Å²) in [6, 6.07) is 25.6. The summed E-state index contributed by atoms with van der Waals surface area (Å²) in [6.45, 7) is 0. The Bertz CT molecular complexity index is 946. The number of rotatable bonds is 5. The van der Waals surface area contributed by atoms with Gasteiger partial charge in [-0.15, -0.1) is 0 Å². The minimum absolute atomic E-state index is 0.179. The highest BCUT2D eigenvalue weighted by Crippen LogP contribution is 2.49. The molecule has 0 aliphatic heterocycles. The first-order valence-corrected chi connectivity index (χ1v) is 8.92. The van der Waals surface area contributed by atoms with Crippen LogP contribution in [0.25, 0.3) is 0 Å². The molecular formula is C23H19NO3. The predicted molar refractivity (Wildman–Crippen MR) is 104 cm³/mol. The zero-order valence-electron chi connectivity index (χ0n) is 14.7. The van der Waals surface area contributed by atoms with Gasteiger partial charge in [-0.3, -0.25) is 9.59 Å². The summed E-state index contributed by atoms with van der Waals surface area (Å²) < 4.78 is 5.59. The third-order valence-electron chi connectivity index (χ3n) is 4.83.